The van der Waals surface area contributed by atoms with Gasteiger partial charge in [0.1, 0.15) is 11.5 Å². The number of hydrogen-bond donors (Lipinski definition) is 2. The van der Waals surface area contributed by atoms with E-state index in [-0.39, 0.29) is 11.8 Å². The summed E-state index contributed by atoms with van der Waals surface area (Å²) in [6.45, 7) is 3.39. The topological polar surface area (TPSA) is 76.7 Å². The molecule has 0 bridgehead atoms. The molecule has 0 spiro atoms. The lowest BCUT2D eigenvalue weighted by atomic mass is 10.1. The van der Waals surface area contributed by atoms with Gasteiger partial charge in [0.15, 0.2) is 5.60 Å². The molecule has 1 aliphatic heterocycles. The van der Waals surface area contributed by atoms with E-state index in [4.69, 9.17) is 9.47 Å². The summed E-state index contributed by atoms with van der Waals surface area (Å²) in [5, 5.41) is 5.58. The summed E-state index contributed by atoms with van der Waals surface area (Å²) in [6, 6.07) is 12.1. The van der Waals surface area contributed by atoms with Crippen molar-refractivity contribution in [1.82, 2.24) is 0 Å². The lowest BCUT2D eigenvalue weighted by Crippen LogP contribution is -2.45. The van der Waals surface area contributed by atoms with Gasteiger partial charge in [-0.2, -0.15) is 0 Å². The Balaban J connectivity index is 1.83. The van der Waals surface area contributed by atoms with E-state index in [1.165, 1.54) is 7.11 Å². The molecule has 0 fully saturated rings. The van der Waals surface area contributed by atoms with Crippen LogP contribution >= 0.6 is 0 Å². The van der Waals surface area contributed by atoms with Gasteiger partial charge >= 0.3 is 0 Å². The molecular formula is C18H18N2O4. The Bertz CT molecular complexity index is 814. The number of carbonyl (C=O) groups is 2. The Hall–Kier alpha value is -3.02. The minimum Gasteiger partial charge on any atom is -0.496 e. The average Bonchev–Trinajstić information content (AvgIpc) is 2.56. The van der Waals surface area contributed by atoms with E-state index in [9.17, 15) is 9.59 Å². The van der Waals surface area contributed by atoms with Crippen molar-refractivity contribution in [2.75, 3.05) is 17.7 Å². The fourth-order valence-corrected chi connectivity index (χ4v) is 2.42. The van der Waals surface area contributed by atoms with Gasteiger partial charge in [-0.15, -0.1) is 0 Å². The maximum Gasteiger partial charge on any atom is 0.268 e. The number of ether oxygens (including phenoxy) is 2. The van der Waals surface area contributed by atoms with Crippen LogP contribution in [0.2, 0.25) is 0 Å². The molecule has 0 saturated heterocycles. The van der Waals surface area contributed by atoms with E-state index >= 15 is 0 Å². The standard InChI is InChI=1S/C18H18N2O4/c1-18(2)17(22)20-13-10-11(8-9-15(13)24-18)19-16(21)12-6-4-5-7-14(12)23-3/h4-10H,1-3H3,(H,19,21)(H,20,22). The largest absolute Gasteiger partial charge is 0.496 e. The summed E-state index contributed by atoms with van der Waals surface area (Å²) in [6.07, 6.45) is 0. The van der Waals surface area contributed by atoms with Gasteiger partial charge in [-0.25, -0.2) is 0 Å². The lowest BCUT2D eigenvalue weighted by Gasteiger charge is -2.31. The molecule has 2 N–H and O–H groups in total. The maximum absolute atomic E-state index is 12.4. The van der Waals surface area contributed by atoms with E-state index < -0.39 is 5.60 Å². The molecule has 2 aromatic carbocycles. The van der Waals surface area contributed by atoms with E-state index in [1.54, 1.807) is 56.3 Å². The van der Waals surface area contributed by atoms with Crippen molar-refractivity contribution in [2.45, 2.75) is 19.4 Å². The van der Waals surface area contributed by atoms with E-state index in [2.05, 4.69) is 10.6 Å². The van der Waals surface area contributed by atoms with Crippen LogP contribution in [0.25, 0.3) is 0 Å². The Morgan fingerprint density at radius 3 is 2.71 bits per heavy atom. The van der Waals surface area contributed by atoms with Crippen molar-refractivity contribution in [3.05, 3.63) is 48.0 Å². The molecule has 0 unspecified atom stereocenters. The Kier molecular flexibility index (Phi) is 3.89. The number of para-hydroxylation sites is 1. The third-order valence-corrected chi connectivity index (χ3v) is 3.75. The lowest BCUT2D eigenvalue weighted by molar-refractivity contribution is -0.129. The second kappa shape index (κ2) is 5.88. The van der Waals surface area contributed by atoms with Crippen LogP contribution in [0.1, 0.15) is 24.2 Å². The smallest absolute Gasteiger partial charge is 0.268 e. The van der Waals surface area contributed by atoms with Gasteiger partial charge in [-0.05, 0) is 44.2 Å². The molecule has 0 radical (unpaired) electrons. The Morgan fingerprint density at radius 1 is 1.21 bits per heavy atom. The van der Waals surface area contributed by atoms with E-state index in [1.807, 2.05) is 0 Å². The molecule has 0 aromatic heterocycles. The van der Waals surface area contributed by atoms with Crippen LogP contribution in [0, 0.1) is 0 Å². The van der Waals surface area contributed by atoms with Crippen molar-refractivity contribution in [3.63, 3.8) is 0 Å². The summed E-state index contributed by atoms with van der Waals surface area (Å²) in [7, 11) is 1.51. The molecule has 1 heterocycles. The van der Waals surface area contributed by atoms with Gasteiger partial charge in [0.25, 0.3) is 11.8 Å². The number of rotatable bonds is 3. The van der Waals surface area contributed by atoms with Gasteiger partial charge in [0, 0.05) is 5.69 Å². The van der Waals surface area contributed by atoms with Gasteiger partial charge in [-0.3, -0.25) is 9.59 Å². The number of methoxy groups -OCH3 is 1. The Labute approximate surface area is 139 Å². The number of fused-ring (bicyclic) bond motifs is 1. The summed E-state index contributed by atoms with van der Waals surface area (Å²) in [5.74, 6) is 0.528. The van der Waals surface area contributed by atoms with Gasteiger partial charge in [0.2, 0.25) is 0 Å². The molecule has 2 aromatic rings. The van der Waals surface area contributed by atoms with E-state index in [0.717, 1.165) is 0 Å². The highest BCUT2D eigenvalue weighted by Crippen LogP contribution is 2.35. The SMILES string of the molecule is COc1ccccc1C(=O)Nc1ccc2c(c1)NC(=O)C(C)(C)O2. The number of amides is 2. The Morgan fingerprint density at radius 2 is 1.96 bits per heavy atom. The maximum atomic E-state index is 12.4. The molecule has 124 valence electrons. The van der Waals surface area contributed by atoms with Crippen molar-refractivity contribution in [3.8, 4) is 11.5 Å². The van der Waals surface area contributed by atoms with E-state index in [0.29, 0.717) is 28.4 Å². The van der Waals surface area contributed by atoms with Crippen LogP contribution in [0.5, 0.6) is 11.5 Å². The molecule has 24 heavy (non-hydrogen) atoms. The summed E-state index contributed by atoms with van der Waals surface area (Å²) in [5.41, 5.74) is 0.583. The van der Waals surface area contributed by atoms with Crippen molar-refractivity contribution in [2.24, 2.45) is 0 Å². The zero-order chi connectivity index (χ0) is 17.3. The first-order chi connectivity index (χ1) is 11.4. The first-order valence-corrected chi connectivity index (χ1v) is 7.49. The number of benzene rings is 2. The predicted molar refractivity (Wildman–Crippen MR) is 90.7 cm³/mol. The third-order valence-electron chi connectivity index (χ3n) is 3.75. The minimum absolute atomic E-state index is 0.233. The van der Waals surface area contributed by atoms with Gasteiger partial charge in [0.05, 0.1) is 18.4 Å². The second-order valence-corrected chi connectivity index (χ2v) is 5.93. The highest BCUT2D eigenvalue weighted by atomic mass is 16.5. The van der Waals surface area contributed by atoms with Crippen LogP contribution in [-0.4, -0.2) is 24.5 Å². The minimum atomic E-state index is -0.921. The fraction of sp³-hybridized carbons (Fsp3) is 0.222. The first-order valence-electron chi connectivity index (χ1n) is 7.49. The van der Waals surface area contributed by atoms with Crippen molar-refractivity contribution in [1.29, 1.82) is 0 Å². The fourth-order valence-electron chi connectivity index (χ4n) is 2.42. The summed E-state index contributed by atoms with van der Waals surface area (Å²) >= 11 is 0. The third kappa shape index (κ3) is 2.90. The zero-order valence-electron chi connectivity index (χ0n) is 13.7. The molecule has 6 heteroatoms. The zero-order valence-corrected chi connectivity index (χ0v) is 13.7. The van der Waals surface area contributed by atoms with Crippen LogP contribution in [0.4, 0.5) is 11.4 Å². The first kappa shape index (κ1) is 15.9. The molecule has 3 rings (SSSR count). The molecule has 6 nitrogen and oxygen atoms in total. The number of anilines is 2. The quantitative estimate of drug-likeness (QED) is 0.909. The van der Waals surface area contributed by atoms with Gasteiger partial charge < -0.3 is 20.1 Å². The average molecular weight is 326 g/mol. The van der Waals surface area contributed by atoms with Crippen LogP contribution in [0.15, 0.2) is 42.5 Å². The van der Waals surface area contributed by atoms with Crippen molar-refractivity contribution >= 4 is 23.2 Å². The number of nitrogens with one attached hydrogen (secondary N) is 2. The second-order valence-electron chi connectivity index (χ2n) is 5.93. The number of carbonyl (C=O) groups excluding carboxylic acids is 2. The van der Waals surface area contributed by atoms with Crippen molar-refractivity contribution < 1.29 is 19.1 Å². The van der Waals surface area contributed by atoms with Crippen LogP contribution in [-0.2, 0) is 4.79 Å². The molecule has 0 atom stereocenters. The molecule has 0 aliphatic carbocycles. The van der Waals surface area contributed by atoms with Crippen LogP contribution < -0.4 is 20.1 Å². The molecular weight excluding hydrogens is 308 g/mol. The number of hydrogen-bond acceptors (Lipinski definition) is 4. The highest BCUT2D eigenvalue weighted by molar-refractivity contribution is 6.07. The molecule has 1 aliphatic rings. The molecule has 2 amide bonds. The predicted octanol–water partition coefficient (Wildman–Crippen LogP) is 3.06. The summed E-state index contributed by atoms with van der Waals surface area (Å²) in [4.78, 5) is 24.4. The monoisotopic (exact) mass is 326 g/mol. The highest BCUT2D eigenvalue weighted by Gasteiger charge is 2.35. The van der Waals surface area contributed by atoms with Gasteiger partial charge in [-0.1, -0.05) is 12.1 Å². The molecule has 0 saturated carbocycles. The summed E-state index contributed by atoms with van der Waals surface area (Å²) < 4.78 is 10.9. The van der Waals surface area contributed by atoms with Crippen LogP contribution in [0.3, 0.4) is 0 Å². The normalized spacial score (nSPS) is 14.9.